The molecule has 0 amide bonds. The van der Waals surface area contributed by atoms with Gasteiger partial charge >= 0.3 is 0 Å². The molecule has 1 nitrogen and oxygen atoms in total. The van der Waals surface area contributed by atoms with E-state index in [0.717, 1.165) is 12.8 Å². The summed E-state index contributed by atoms with van der Waals surface area (Å²) in [7, 11) is 0. The van der Waals surface area contributed by atoms with Crippen molar-refractivity contribution in [2.75, 3.05) is 11.5 Å². The molecule has 1 rings (SSSR count). The lowest BCUT2D eigenvalue weighted by atomic mass is 10.2. The van der Waals surface area contributed by atoms with Crippen molar-refractivity contribution in [1.29, 1.82) is 0 Å². The molecule has 0 bridgehead atoms. The van der Waals surface area contributed by atoms with Gasteiger partial charge in [-0.15, -0.1) is 30.1 Å². The van der Waals surface area contributed by atoms with E-state index in [1.165, 1.54) is 17.9 Å². The Morgan fingerprint density at radius 3 is 2.75 bits per heavy atom. The number of aliphatic hydroxyl groups excluding tert-OH is 1. The average molecular weight is 204 g/mol. The maximum Gasteiger partial charge on any atom is 0.0593 e. The minimum atomic E-state index is -0.175. The standard InChI is InChI=1S/C9H16OS2/c1-2-4-8(10)7-9-11-5-3-6-12-9/h2,8-10H,1,3-7H2/t8-/m0/s1. The van der Waals surface area contributed by atoms with Gasteiger partial charge in [-0.1, -0.05) is 6.08 Å². The van der Waals surface area contributed by atoms with Gasteiger partial charge in [-0.3, -0.25) is 0 Å². The largest absolute Gasteiger partial charge is 0.393 e. The van der Waals surface area contributed by atoms with Crippen LogP contribution in [0.25, 0.3) is 0 Å². The van der Waals surface area contributed by atoms with Crippen LogP contribution < -0.4 is 0 Å². The molecular weight excluding hydrogens is 188 g/mol. The van der Waals surface area contributed by atoms with Crippen molar-refractivity contribution in [2.24, 2.45) is 0 Å². The molecule has 0 aromatic carbocycles. The summed E-state index contributed by atoms with van der Waals surface area (Å²) >= 11 is 3.97. The van der Waals surface area contributed by atoms with Gasteiger partial charge in [0.1, 0.15) is 0 Å². The Labute approximate surface area is 83.0 Å². The molecule has 1 N–H and O–H groups in total. The summed E-state index contributed by atoms with van der Waals surface area (Å²) in [4.78, 5) is 0. The van der Waals surface area contributed by atoms with Crippen LogP contribution in [-0.4, -0.2) is 27.3 Å². The minimum Gasteiger partial charge on any atom is -0.393 e. The van der Waals surface area contributed by atoms with Gasteiger partial charge in [0.15, 0.2) is 0 Å². The lowest BCUT2D eigenvalue weighted by Crippen LogP contribution is -2.15. The summed E-state index contributed by atoms with van der Waals surface area (Å²) in [5, 5.41) is 9.50. The molecule has 12 heavy (non-hydrogen) atoms. The molecule has 70 valence electrons. The Morgan fingerprint density at radius 1 is 1.50 bits per heavy atom. The third kappa shape index (κ3) is 3.87. The maximum absolute atomic E-state index is 9.50. The van der Waals surface area contributed by atoms with Crippen LogP contribution in [0.5, 0.6) is 0 Å². The second-order valence-electron chi connectivity index (χ2n) is 2.94. The molecule has 0 saturated carbocycles. The van der Waals surface area contributed by atoms with Crippen LogP contribution in [-0.2, 0) is 0 Å². The maximum atomic E-state index is 9.50. The second kappa shape index (κ2) is 5.95. The summed E-state index contributed by atoms with van der Waals surface area (Å²) in [6.07, 6.45) is 4.59. The fourth-order valence-electron chi connectivity index (χ4n) is 1.18. The van der Waals surface area contributed by atoms with E-state index < -0.39 is 0 Å². The van der Waals surface area contributed by atoms with E-state index in [2.05, 4.69) is 6.58 Å². The van der Waals surface area contributed by atoms with Crippen molar-refractivity contribution in [3.63, 3.8) is 0 Å². The highest BCUT2D eigenvalue weighted by molar-refractivity contribution is 8.17. The van der Waals surface area contributed by atoms with Gasteiger partial charge in [-0.2, -0.15) is 0 Å². The zero-order valence-electron chi connectivity index (χ0n) is 7.24. The number of rotatable bonds is 4. The summed E-state index contributed by atoms with van der Waals surface area (Å²) in [6, 6.07) is 0. The molecule has 0 aromatic rings. The molecule has 0 unspecified atom stereocenters. The smallest absolute Gasteiger partial charge is 0.0593 e. The normalized spacial score (nSPS) is 22.1. The van der Waals surface area contributed by atoms with Gasteiger partial charge < -0.3 is 5.11 Å². The van der Waals surface area contributed by atoms with E-state index in [1.54, 1.807) is 6.08 Å². The van der Waals surface area contributed by atoms with E-state index >= 15 is 0 Å². The van der Waals surface area contributed by atoms with E-state index in [0.29, 0.717) is 4.58 Å². The zero-order chi connectivity index (χ0) is 8.81. The Hall–Kier alpha value is 0.400. The van der Waals surface area contributed by atoms with Crippen LogP contribution in [0.1, 0.15) is 19.3 Å². The van der Waals surface area contributed by atoms with Gasteiger partial charge in [0, 0.05) is 0 Å². The molecule has 1 aliphatic heterocycles. The summed E-state index contributed by atoms with van der Waals surface area (Å²) in [5.74, 6) is 2.52. The molecule has 0 aromatic heterocycles. The first-order valence-electron chi connectivity index (χ1n) is 4.35. The third-order valence-corrected chi connectivity index (χ3v) is 4.79. The van der Waals surface area contributed by atoms with Gasteiger partial charge in [-0.25, -0.2) is 0 Å². The van der Waals surface area contributed by atoms with E-state index in [-0.39, 0.29) is 6.10 Å². The Morgan fingerprint density at radius 2 is 2.17 bits per heavy atom. The van der Waals surface area contributed by atoms with Gasteiger partial charge in [0.2, 0.25) is 0 Å². The van der Waals surface area contributed by atoms with Crippen LogP contribution in [0, 0.1) is 0 Å². The molecule has 1 aliphatic rings. The van der Waals surface area contributed by atoms with E-state index in [4.69, 9.17) is 0 Å². The first-order chi connectivity index (χ1) is 5.83. The molecule has 1 saturated heterocycles. The molecule has 1 atom stereocenters. The summed E-state index contributed by atoms with van der Waals surface area (Å²) in [5.41, 5.74) is 0. The molecular formula is C9H16OS2. The van der Waals surface area contributed by atoms with E-state index in [1.807, 2.05) is 23.5 Å². The Kier molecular flexibility index (Phi) is 5.19. The Bertz CT molecular complexity index is 132. The van der Waals surface area contributed by atoms with Crippen molar-refractivity contribution in [3.8, 4) is 0 Å². The monoisotopic (exact) mass is 204 g/mol. The molecule has 1 heterocycles. The van der Waals surface area contributed by atoms with Gasteiger partial charge in [0.05, 0.1) is 10.7 Å². The topological polar surface area (TPSA) is 20.2 Å². The Balaban J connectivity index is 2.15. The predicted octanol–water partition coefficient (Wildman–Crippen LogP) is 2.51. The number of hydrogen-bond donors (Lipinski definition) is 1. The van der Waals surface area contributed by atoms with Crippen molar-refractivity contribution < 1.29 is 5.11 Å². The SMILES string of the molecule is C=CC[C@H](O)CC1SCCCS1. The van der Waals surface area contributed by atoms with Crippen LogP contribution in [0.4, 0.5) is 0 Å². The van der Waals surface area contributed by atoms with Crippen LogP contribution in [0.3, 0.4) is 0 Å². The number of aliphatic hydroxyl groups is 1. The van der Waals surface area contributed by atoms with Crippen molar-refractivity contribution in [1.82, 2.24) is 0 Å². The zero-order valence-corrected chi connectivity index (χ0v) is 8.87. The van der Waals surface area contributed by atoms with Crippen LogP contribution >= 0.6 is 23.5 Å². The quantitative estimate of drug-likeness (QED) is 0.711. The number of hydrogen-bond acceptors (Lipinski definition) is 3. The first kappa shape index (κ1) is 10.5. The highest BCUT2D eigenvalue weighted by atomic mass is 32.2. The van der Waals surface area contributed by atoms with Crippen LogP contribution in [0.15, 0.2) is 12.7 Å². The predicted molar refractivity (Wildman–Crippen MR) is 58.8 cm³/mol. The third-order valence-electron chi connectivity index (χ3n) is 1.80. The highest BCUT2D eigenvalue weighted by Gasteiger charge is 2.17. The van der Waals surface area contributed by atoms with Crippen molar-refractivity contribution >= 4 is 23.5 Å². The van der Waals surface area contributed by atoms with Gasteiger partial charge in [-0.05, 0) is 30.8 Å². The fourth-order valence-corrected chi connectivity index (χ4v) is 4.19. The second-order valence-corrected chi connectivity index (χ2v) is 5.86. The average Bonchev–Trinajstić information content (AvgIpc) is 2.06. The lowest BCUT2D eigenvalue weighted by Gasteiger charge is -2.22. The summed E-state index contributed by atoms with van der Waals surface area (Å²) in [6.45, 7) is 3.62. The molecule has 0 spiro atoms. The summed E-state index contributed by atoms with van der Waals surface area (Å²) < 4.78 is 0.619. The first-order valence-corrected chi connectivity index (χ1v) is 6.45. The van der Waals surface area contributed by atoms with Crippen molar-refractivity contribution in [3.05, 3.63) is 12.7 Å². The molecule has 1 fully saturated rings. The lowest BCUT2D eigenvalue weighted by molar-refractivity contribution is 0.173. The molecule has 3 heteroatoms. The van der Waals surface area contributed by atoms with Gasteiger partial charge in [0.25, 0.3) is 0 Å². The fraction of sp³-hybridized carbons (Fsp3) is 0.778. The highest BCUT2D eigenvalue weighted by Crippen LogP contribution is 2.33. The molecule has 0 aliphatic carbocycles. The van der Waals surface area contributed by atoms with E-state index in [9.17, 15) is 5.11 Å². The minimum absolute atomic E-state index is 0.175. The van der Waals surface area contributed by atoms with Crippen LogP contribution in [0.2, 0.25) is 0 Å². The number of thioether (sulfide) groups is 2. The van der Waals surface area contributed by atoms with Crippen molar-refractivity contribution in [2.45, 2.75) is 29.9 Å². The molecule has 0 radical (unpaired) electrons.